The average Bonchev–Trinajstić information content (AvgIpc) is 2.51. The van der Waals surface area contributed by atoms with Gasteiger partial charge in [0.2, 0.25) is 0 Å². The van der Waals surface area contributed by atoms with Crippen LogP contribution in [0.15, 0.2) is 47.4 Å². The van der Waals surface area contributed by atoms with E-state index in [-0.39, 0.29) is 27.2 Å². The molecule has 2 rings (SSSR count). The summed E-state index contributed by atoms with van der Waals surface area (Å²) in [5.74, 6) is -1.76. The molecule has 0 aliphatic heterocycles. The Morgan fingerprint density at radius 3 is 2.33 bits per heavy atom. The fourth-order valence-electron chi connectivity index (χ4n) is 1.99. The molecule has 0 spiro atoms. The van der Waals surface area contributed by atoms with Gasteiger partial charge in [-0.25, -0.2) is 12.8 Å². The second kappa shape index (κ2) is 7.38. The van der Waals surface area contributed by atoms with Gasteiger partial charge < -0.3 is 5.11 Å². The normalized spacial score (nSPS) is 11.3. The third kappa shape index (κ3) is 3.98. The van der Waals surface area contributed by atoms with Crippen LogP contribution in [0.3, 0.4) is 0 Å². The number of aliphatic carboxylic acids is 1. The summed E-state index contributed by atoms with van der Waals surface area (Å²) in [6.07, 6.45) is -0.441. The van der Waals surface area contributed by atoms with Crippen LogP contribution in [-0.2, 0) is 14.8 Å². The first kappa shape index (κ1) is 18.5. The molecule has 0 radical (unpaired) electrons. The van der Waals surface area contributed by atoms with Crippen molar-refractivity contribution in [1.82, 2.24) is 0 Å². The smallest absolute Gasteiger partial charge is 0.305 e. The van der Waals surface area contributed by atoms with Crippen LogP contribution >= 0.6 is 23.2 Å². The predicted octanol–water partition coefficient (Wildman–Crippen LogP) is 3.80. The van der Waals surface area contributed by atoms with Gasteiger partial charge in [0.15, 0.2) is 0 Å². The summed E-state index contributed by atoms with van der Waals surface area (Å²) in [5.41, 5.74) is 0.0507. The molecule has 0 saturated carbocycles. The minimum atomic E-state index is -4.15. The fraction of sp³-hybridized carbons (Fsp3) is 0.133. The SMILES string of the molecule is O=C(O)CCN(c1cccc(Cl)c1Cl)S(=O)(=O)c1ccc(F)cc1. The monoisotopic (exact) mass is 391 g/mol. The van der Waals surface area contributed by atoms with Gasteiger partial charge in [0, 0.05) is 6.54 Å². The van der Waals surface area contributed by atoms with Crippen LogP contribution in [0, 0.1) is 5.82 Å². The Morgan fingerprint density at radius 2 is 1.75 bits per heavy atom. The quantitative estimate of drug-likeness (QED) is 0.812. The van der Waals surface area contributed by atoms with Crippen molar-refractivity contribution in [2.45, 2.75) is 11.3 Å². The molecule has 0 fully saturated rings. The Labute approximate surface area is 148 Å². The van der Waals surface area contributed by atoms with E-state index in [1.54, 1.807) is 0 Å². The van der Waals surface area contributed by atoms with E-state index in [2.05, 4.69) is 0 Å². The zero-order chi connectivity index (χ0) is 17.9. The zero-order valence-electron chi connectivity index (χ0n) is 12.1. The minimum absolute atomic E-state index is 0.0183. The summed E-state index contributed by atoms with van der Waals surface area (Å²) in [7, 11) is -4.15. The lowest BCUT2D eigenvalue weighted by molar-refractivity contribution is -0.136. The first-order valence-electron chi connectivity index (χ1n) is 6.67. The van der Waals surface area contributed by atoms with E-state index in [1.807, 2.05) is 0 Å². The Hall–Kier alpha value is -1.83. The molecule has 0 unspecified atom stereocenters. The molecular formula is C15H12Cl2FNO4S. The molecule has 0 bridgehead atoms. The lowest BCUT2D eigenvalue weighted by Crippen LogP contribution is -2.33. The van der Waals surface area contributed by atoms with Gasteiger partial charge in [-0.15, -0.1) is 0 Å². The largest absolute Gasteiger partial charge is 0.481 e. The van der Waals surface area contributed by atoms with Gasteiger partial charge in [0.05, 0.1) is 27.0 Å². The van der Waals surface area contributed by atoms with E-state index in [0.29, 0.717) is 0 Å². The number of halogens is 3. The maximum absolute atomic E-state index is 13.0. The Morgan fingerprint density at radius 1 is 1.12 bits per heavy atom. The van der Waals surface area contributed by atoms with Crippen molar-refractivity contribution in [2.24, 2.45) is 0 Å². The highest BCUT2D eigenvalue weighted by molar-refractivity contribution is 7.92. The van der Waals surface area contributed by atoms with Crippen LogP contribution in [-0.4, -0.2) is 26.0 Å². The van der Waals surface area contributed by atoms with Crippen molar-refractivity contribution in [3.8, 4) is 0 Å². The van der Waals surface area contributed by atoms with Crippen LogP contribution in [0.4, 0.5) is 10.1 Å². The number of carbonyl (C=O) groups is 1. The third-order valence-electron chi connectivity index (χ3n) is 3.13. The van der Waals surface area contributed by atoms with Gasteiger partial charge in [-0.1, -0.05) is 29.3 Å². The number of benzene rings is 2. The lowest BCUT2D eigenvalue weighted by atomic mass is 10.3. The molecule has 2 aromatic carbocycles. The van der Waals surface area contributed by atoms with Crippen LogP contribution in [0.25, 0.3) is 0 Å². The number of nitrogens with zero attached hydrogens (tertiary/aromatic N) is 1. The standard InChI is InChI=1S/C15H12Cl2FNO4S/c16-12-2-1-3-13(15(12)17)19(9-8-14(20)21)24(22,23)11-6-4-10(18)5-7-11/h1-7H,8-9H2,(H,20,21). The molecule has 2 aromatic rings. The van der Waals surface area contributed by atoms with E-state index in [1.165, 1.54) is 18.2 Å². The highest BCUT2D eigenvalue weighted by atomic mass is 35.5. The maximum Gasteiger partial charge on any atom is 0.305 e. The highest BCUT2D eigenvalue weighted by Gasteiger charge is 2.27. The van der Waals surface area contributed by atoms with E-state index in [9.17, 15) is 17.6 Å². The molecule has 24 heavy (non-hydrogen) atoms. The topological polar surface area (TPSA) is 74.7 Å². The molecule has 0 saturated heterocycles. The number of sulfonamides is 1. The average molecular weight is 392 g/mol. The van der Waals surface area contributed by atoms with Gasteiger partial charge >= 0.3 is 5.97 Å². The van der Waals surface area contributed by atoms with Gasteiger partial charge in [0.25, 0.3) is 10.0 Å². The van der Waals surface area contributed by atoms with Crippen LogP contribution in [0.2, 0.25) is 10.0 Å². The van der Waals surface area contributed by atoms with Crippen molar-refractivity contribution in [1.29, 1.82) is 0 Å². The first-order valence-corrected chi connectivity index (χ1v) is 8.87. The molecule has 0 heterocycles. The van der Waals surface area contributed by atoms with Crippen molar-refractivity contribution in [3.05, 3.63) is 58.3 Å². The van der Waals surface area contributed by atoms with Crippen LogP contribution in [0.1, 0.15) is 6.42 Å². The van der Waals surface area contributed by atoms with Gasteiger partial charge in [-0.2, -0.15) is 0 Å². The molecule has 5 nitrogen and oxygen atoms in total. The molecule has 0 aliphatic carbocycles. The van der Waals surface area contributed by atoms with Crippen molar-refractivity contribution < 1.29 is 22.7 Å². The maximum atomic E-state index is 13.0. The van der Waals surface area contributed by atoms with Crippen molar-refractivity contribution in [2.75, 3.05) is 10.8 Å². The summed E-state index contributed by atoms with van der Waals surface area (Å²) in [6.45, 7) is -0.352. The highest BCUT2D eigenvalue weighted by Crippen LogP contribution is 2.35. The number of carboxylic acids is 1. The molecule has 128 valence electrons. The summed E-state index contributed by atoms with van der Waals surface area (Å²) < 4.78 is 39.6. The van der Waals surface area contributed by atoms with E-state index >= 15 is 0 Å². The number of carboxylic acid groups (broad SMARTS) is 1. The summed E-state index contributed by atoms with van der Waals surface area (Å²) >= 11 is 12.0. The van der Waals surface area contributed by atoms with Crippen LogP contribution < -0.4 is 4.31 Å². The van der Waals surface area contributed by atoms with Gasteiger partial charge in [-0.3, -0.25) is 9.10 Å². The number of anilines is 1. The first-order chi connectivity index (χ1) is 11.2. The van der Waals surface area contributed by atoms with E-state index < -0.39 is 28.2 Å². The fourth-order valence-corrected chi connectivity index (χ4v) is 3.91. The number of hydrogen-bond acceptors (Lipinski definition) is 3. The summed E-state index contributed by atoms with van der Waals surface area (Å²) in [6, 6.07) is 8.58. The number of hydrogen-bond donors (Lipinski definition) is 1. The molecule has 0 amide bonds. The van der Waals surface area contributed by atoms with Crippen LogP contribution in [0.5, 0.6) is 0 Å². The summed E-state index contributed by atoms with van der Waals surface area (Å²) in [5, 5.41) is 8.99. The Bertz CT molecular complexity index is 856. The lowest BCUT2D eigenvalue weighted by Gasteiger charge is -2.25. The number of rotatable bonds is 6. The second-order valence-corrected chi connectivity index (χ2v) is 7.40. The molecule has 0 atom stereocenters. The molecular weight excluding hydrogens is 380 g/mol. The zero-order valence-corrected chi connectivity index (χ0v) is 14.4. The molecule has 9 heteroatoms. The Kier molecular flexibility index (Phi) is 5.69. The predicted molar refractivity (Wildman–Crippen MR) is 89.6 cm³/mol. The summed E-state index contributed by atoms with van der Waals surface area (Å²) in [4.78, 5) is 10.7. The molecule has 1 N–H and O–H groups in total. The van der Waals surface area contributed by atoms with Crippen molar-refractivity contribution >= 4 is 44.9 Å². The second-order valence-electron chi connectivity index (χ2n) is 4.75. The minimum Gasteiger partial charge on any atom is -0.481 e. The van der Waals surface area contributed by atoms with Crippen molar-refractivity contribution in [3.63, 3.8) is 0 Å². The van der Waals surface area contributed by atoms with E-state index in [4.69, 9.17) is 28.3 Å². The Balaban J connectivity index is 2.55. The van der Waals surface area contributed by atoms with Gasteiger partial charge in [0.1, 0.15) is 5.82 Å². The molecule has 0 aliphatic rings. The van der Waals surface area contributed by atoms with E-state index in [0.717, 1.165) is 28.6 Å². The van der Waals surface area contributed by atoms with Gasteiger partial charge in [-0.05, 0) is 36.4 Å². The molecule has 0 aromatic heterocycles. The third-order valence-corrected chi connectivity index (χ3v) is 5.77.